The second kappa shape index (κ2) is 6.75. The van der Waals surface area contributed by atoms with Crippen molar-refractivity contribution in [2.45, 2.75) is 25.3 Å². The number of hydrogen-bond donors (Lipinski definition) is 2. The van der Waals surface area contributed by atoms with E-state index in [1.807, 2.05) is 41.8 Å². The van der Waals surface area contributed by atoms with Gasteiger partial charge in [-0.15, -0.1) is 11.3 Å². The van der Waals surface area contributed by atoms with E-state index in [0.717, 1.165) is 24.0 Å². The molecule has 0 bridgehead atoms. The van der Waals surface area contributed by atoms with Crippen molar-refractivity contribution in [2.75, 3.05) is 6.54 Å². The van der Waals surface area contributed by atoms with Gasteiger partial charge in [0.15, 0.2) is 0 Å². The SMILES string of the molecule is O=C(NC1CCCCNC1=O)c1cc(-c2ccccc2)cs1. The van der Waals surface area contributed by atoms with Gasteiger partial charge in [0.1, 0.15) is 6.04 Å². The van der Waals surface area contributed by atoms with Crippen LogP contribution in [-0.4, -0.2) is 24.4 Å². The summed E-state index contributed by atoms with van der Waals surface area (Å²) in [6.07, 6.45) is 2.62. The van der Waals surface area contributed by atoms with Gasteiger partial charge in [0, 0.05) is 6.54 Å². The maximum absolute atomic E-state index is 12.3. The first kappa shape index (κ1) is 14.8. The van der Waals surface area contributed by atoms with Crippen molar-refractivity contribution in [1.29, 1.82) is 0 Å². The van der Waals surface area contributed by atoms with Gasteiger partial charge >= 0.3 is 0 Å². The highest BCUT2D eigenvalue weighted by Crippen LogP contribution is 2.25. The Morgan fingerprint density at radius 2 is 2.00 bits per heavy atom. The van der Waals surface area contributed by atoms with E-state index in [-0.39, 0.29) is 11.8 Å². The monoisotopic (exact) mass is 314 g/mol. The fourth-order valence-electron chi connectivity index (χ4n) is 2.54. The molecule has 1 unspecified atom stereocenters. The van der Waals surface area contributed by atoms with Crippen molar-refractivity contribution in [3.8, 4) is 11.1 Å². The topological polar surface area (TPSA) is 58.2 Å². The van der Waals surface area contributed by atoms with E-state index < -0.39 is 6.04 Å². The number of rotatable bonds is 3. The molecule has 2 heterocycles. The molecular formula is C17H18N2O2S. The first-order chi connectivity index (χ1) is 10.7. The maximum Gasteiger partial charge on any atom is 0.262 e. The molecule has 0 radical (unpaired) electrons. The summed E-state index contributed by atoms with van der Waals surface area (Å²) in [5.74, 6) is -0.250. The van der Waals surface area contributed by atoms with Gasteiger partial charge < -0.3 is 10.6 Å². The Morgan fingerprint density at radius 3 is 2.82 bits per heavy atom. The fraction of sp³-hybridized carbons (Fsp3) is 0.294. The molecule has 1 saturated heterocycles. The largest absolute Gasteiger partial charge is 0.354 e. The molecule has 4 nitrogen and oxygen atoms in total. The van der Waals surface area contributed by atoms with Crippen molar-refractivity contribution in [3.05, 3.63) is 46.7 Å². The normalized spacial score (nSPS) is 18.4. The highest BCUT2D eigenvalue weighted by molar-refractivity contribution is 7.12. The van der Waals surface area contributed by atoms with E-state index in [4.69, 9.17) is 0 Å². The zero-order valence-corrected chi connectivity index (χ0v) is 13.0. The predicted molar refractivity (Wildman–Crippen MR) is 87.9 cm³/mol. The number of thiophene rings is 1. The fourth-order valence-corrected chi connectivity index (χ4v) is 3.36. The maximum atomic E-state index is 12.3. The van der Waals surface area contributed by atoms with Crippen LogP contribution in [0.5, 0.6) is 0 Å². The van der Waals surface area contributed by atoms with Gasteiger partial charge in [0.2, 0.25) is 5.91 Å². The summed E-state index contributed by atoms with van der Waals surface area (Å²) in [6, 6.07) is 11.4. The highest BCUT2D eigenvalue weighted by atomic mass is 32.1. The number of carbonyl (C=O) groups excluding carboxylic acids is 2. The van der Waals surface area contributed by atoms with E-state index in [1.165, 1.54) is 11.3 Å². The van der Waals surface area contributed by atoms with Crippen LogP contribution in [0, 0.1) is 0 Å². The molecule has 1 aromatic carbocycles. The molecule has 0 spiro atoms. The number of nitrogens with one attached hydrogen (secondary N) is 2. The third kappa shape index (κ3) is 3.36. The van der Waals surface area contributed by atoms with E-state index in [0.29, 0.717) is 17.8 Å². The minimum Gasteiger partial charge on any atom is -0.354 e. The second-order valence-corrected chi connectivity index (χ2v) is 6.29. The lowest BCUT2D eigenvalue weighted by Crippen LogP contribution is -2.45. The summed E-state index contributed by atoms with van der Waals surface area (Å²) in [5, 5.41) is 7.65. The van der Waals surface area contributed by atoms with Gasteiger partial charge in [0.25, 0.3) is 5.91 Å². The molecule has 2 N–H and O–H groups in total. The average molecular weight is 314 g/mol. The molecule has 1 aliphatic rings. The Morgan fingerprint density at radius 1 is 1.18 bits per heavy atom. The number of hydrogen-bond acceptors (Lipinski definition) is 3. The van der Waals surface area contributed by atoms with Crippen LogP contribution >= 0.6 is 11.3 Å². The van der Waals surface area contributed by atoms with E-state index in [9.17, 15) is 9.59 Å². The summed E-state index contributed by atoms with van der Waals surface area (Å²) >= 11 is 1.40. The van der Waals surface area contributed by atoms with E-state index in [2.05, 4.69) is 10.6 Å². The predicted octanol–water partition coefficient (Wildman–Crippen LogP) is 2.81. The Balaban J connectivity index is 1.70. The van der Waals surface area contributed by atoms with Crippen LogP contribution in [0.3, 0.4) is 0 Å². The summed E-state index contributed by atoms with van der Waals surface area (Å²) in [4.78, 5) is 24.9. The summed E-state index contributed by atoms with van der Waals surface area (Å²) < 4.78 is 0. The quantitative estimate of drug-likeness (QED) is 0.915. The molecule has 2 aromatic rings. The zero-order chi connectivity index (χ0) is 15.4. The Hall–Kier alpha value is -2.14. The molecule has 1 aromatic heterocycles. The molecule has 114 valence electrons. The molecule has 0 aliphatic carbocycles. The van der Waals surface area contributed by atoms with Gasteiger partial charge in [0.05, 0.1) is 4.88 Å². The third-order valence-electron chi connectivity index (χ3n) is 3.77. The summed E-state index contributed by atoms with van der Waals surface area (Å²) in [6.45, 7) is 0.697. The Kier molecular flexibility index (Phi) is 4.53. The first-order valence-corrected chi connectivity index (χ1v) is 8.34. The molecule has 3 rings (SSSR count). The summed E-state index contributed by atoms with van der Waals surface area (Å²) in [7, 11) is 0. The van der Waals surface area contributed by atoms with Gasteiger partial charge in [-0.25, -0.2) is 0 Å². The average Bonchev–Trinajstić information content (AvgIpc) is 2.96. The minimum atomic E-state index is -0.419. The minimum absolute atomic E-state index is 0.0781. The van der Waals surface area contributed by atoms with Crippen LogP contribution in [0.1, 0.15) is 28.9 Å². The lowest BCUT2D eigenvalue weighted by atomic mass is 10.1. The van der Waals surface area contributed by atoms with Crippen LogP contribution in [0.25, 0.3) is 11.1 Å². The third-order valence-corrected chi connectivity index (χ3v) is 4.70. The first-order valence-electron chi connectivity index (χ1n) is 7.46. The molecular weight excluding hydrogens is 296 g/mol. The zero-order valence-electron chi connectivity index (χ0n) is 12.2. The highest BCUT2D eigenvalue weighted by Gasteiger charge is 2.23. The van der Waals surface area contributed by atoms with Crippen molar-refractivity contribution in [1.82, 2.24) is 10.6 Å². The molecule has 22 heavy (non-hydrogen) atoms. The number of benzene rings is 1. The van der Waals surface area contributed by atoms with Gasteiger partial charge in [-0.2, -0.15) is 0 Å². The molecule has 1 aliphatic heterocycles. The lowest BCUT2D eigenvalue weighted by molar-refractivity contribution is -0.122. The van der Waals surface area contributed by atoms with Gasteiger partial charge in [-0.1, -0.05) is 30.3 Å². The van der Waals surface area contributed by atoms with Crippen LogP contribution < -0.4 is 10.6 Å². The molecule has 0 saturated carbocycles. The number of carbonyl (C=O) groups is 2. The van der Waals surface area contributed by atoms with Crippen molar-refractivity contribution in [3.63, 3.8) is 0 Å². The molecule has 1 atom stereocenters. The van der Waals surface area contributed by atoms with Crippen LogP contribution in [0.4, 0.5) is 0 Å². The van der Waals surface area contributed by atoms with Gasteiger partial charge in [-0.3, -0.25) is 9.59 Å². The molecule has 5 heteroatoms. The Labute approximate surface area is 133 Å². The summed E-state index contributed by atoms with van der Waals surface area (Å²) in [5.41, 5.74) is 2.12. The van der Waals surface area contributed by atoms with Crippen LogP contribution in [-0.2, 0) is 4.79 Å². The lowest BCUT2D eigenvalue weighted by Gasteiger charge is -2.14. The van der Waals surface area contributed by atoms with Crippen molar-refractivity contribution >= 4 is 23.2 Å². The van der Waals surface area contributed by atoms with Crippen LogP contribution in [0.2, 0.25) is 0 Å². The van der Waals surface area contributed by atoms with Crippen molar-refractivity contribution in [2.24, 2.45) is 0 Å². The number of amides is 2. The van der Waals surface area contributed by atoms with E-state index >= 15 is 0 Å². The smallest absolute Gasteiger partial charge is 0.262 e. The standard InChI is InChI=1S/C17H18N2O2S/c20-16-14(8-4-5-9-18-16)19-17(21)15-10-13(11-22-15)12-6-2-1-3-7-12/h1-3,6-7,10-11,14H,4-5,8-9H2,(H,18,20)(H,19,21). The Bertz CT molecular complexity index is 666. The van der Waals surface area contributed by atoms with E-state index in [1.54, 1.807) is 0 Å². The molecule has 2 amide bonds. The van der Waals surface area contributed by atoms with Gasteiger partial charge in [-0.05, 0) is 41.8 Å². The second-order valence-electron chi connectivity index (χ2n) is 5.38. The van der Waals surface area contributed by atoms with Crippen LogP contribution in [0.15, 0.2) is 41.8 Å². The molecule has 1 fully saturated rings. The van der Waals surface area contributed by atoms with Crippen molar-refractivity contribution < 1.29 is 9.59 Å².